The first-order valence-corrected chi connectivity index (χ1v) is 10.1. The average molecular weight is 393 g/mol. The number of anilines is 1. The number of benzene rings is 3. The second-order valence-corrected chi connectivity index (χ2v) is 8.14. The van der Waals surface area contributed by atoms with Gasteiger partial charge >= 0.3 is 0 Å². The molecule has 0 saturated carbocycles. The Balaban J connectivity index is 1.77. The molecule has 2 aliphatic rings. The number of hydrogen-bond donors (Lipinski definition) is 1. The minimum atomic E-state index is -0.346. The van der Waals surface area contributed by atoms with Gasteiger partial charge in [0.1, 0.15) is 5.82 Å². The van der Waals surface area contributed by atoms with Crippen LogP contribution in [0, 0.1) is 12.7 Å². The molecule has 5 rings (SSSR count). The summed E-state index contributed by atoms with van der Waals surface area (Å²) in [6, 6.07) is 20.3. The van der Waals surface area contributed by atoms with E-state index in [1.54, 1.807) is 6.07 Å². The van der Waals surface area contributed by atoms with Crippen LogP contribution >= 0.6 is 11.6 Å². The van der Waals surface area contributed by atoms with Crippen LogP contribution in [0.3, 0.4) is 0 Å². The van der Waals surface area contributed by atoms with Crippen molar-refractivity contribution in [2.75, 3.05) is 24.5 Å². The quantitative estimate of drug-likeness (QED) is 0.635. The Bertz CT molecular complexity index is 1050. The molecule has 0 spiro atoms. The summed E-state index contributed by atoms with van der Waals surface area (Å²) in [6.07, 6.45) is 0.809. The molecule has 1 unspecified atom stereocenters. The van der Waals surface area contributed by atoms with Crippen LogP contribution in [0.15, 0.2) is 60.7 Å². The van der Waals surface area contributed by atoms with Gasteiger partial charge in [-0.1, -0.05) is 66.2 Å². The van der Waals surface area contributed by atoms with Crippen molar-refractivity contribution in [1.82, 2.24) is 5.32 Å². The van der Waals surface area contributed by atoms with Gasteiger partial charge in [-0.2, -0.15) is 0 Å². The van der Waals surface area contributed by atoms with Gasteiger partial charge in [-0.05, 0) is 35.2 Å². The molecular weight excluding hydrogens is 371 g/mol. The zero-order valence-corrected chi connectivity index (χ0v) is 16.6. The minimum Gasteiger partial charge on any atom is -0.359 e. The van der Waals surface area contributed by atoms with E-state index in [1.165, 1.54) is 5.56 Å². The third-order valence-corrected chi connectivity index (χ3v) is 6.60. The summed E-state index contributed by atoms with van der Waals surface area (Å²) in [6.45, 7) is 4.62. The van der Waals surface area contributed by atoms with Crippen LogP contribution in [0.25, 0.3) is 11.1 Å². The normalized spacial score (nSPS) is 20.8. The Morgan fingerprint density at radius 2 is 1.82 bits per heavy atom. The lowest BCUT2D eigenvalue weighted by Crippen LogP contribution is -2.57. The van der Waals surface area contributed by atoms with Gasteiger partial charge in [-0.3, -0.25) is 0 Å². The van der Waals surface area contributed by atoms with Crippen LogP contribution in [-0.2, 0) is 12.0 Å². The smallest absolute Gasteiger partial charge is 0.144 e. The summed E-state index contributed by atoms with van der Waals surface area (Å²) >= 11 is 6.56. The van der Waals surface area contributed by atoms with Gasteiger partial charge in [-0.15, -0.1) is 0 Å². The fourth-order valence-electron chi connectivity index (χ4n) is 4.91. The van der Waals surface area contributed by atoms with Crippen molar-refractivity contribution in [3.05, 3.63) is 88.2 Å². The number of piperazine rings is 1. The highest BCUT2D eigenvalue weighted by Crippen LogP contribution is 2.51. The molecule has 3 aromatic carbocycles. The maximum Gasteiger partial charge on any atom is 0.144 e. The lowest BCUT2D eigenvalue weighted by Gasteiger charge is -2.45. The van der Waals surface area contributed by atoms with Gasteiger partial charge in [0, 0.05) is 37.3 Å². The summed E-state index contributed by atoms with van der Waals surface area (Å²) in [7, 11) is 0. The van der Waals surface area contributed by atoms with Gasteiger partial charge in [-0.25, -0.2) is 4.39 Å². The van der Waals surface area contributed by atoms with Crippen molar-refractivity contribution in [2.24, 2.45) is 0 Å². The van der Waals surface area contributed by atoms with Crippen LogP contribution < -0.4 is 10.2 Å². The van der Waals surface area contributed by atoms with Crippen LogP contribution in [0.4, 0.5) is 10.1 Å². The summed E-state index contributed by atoms with van der Waals surface area (Å²) in [5.74, 6) is -0.346. The van der Waals surface area contributed by atoms with E-state index in [0.717, 1.165) is 54.0 Å². The van der Waals surface area contributed by atoms with Crippen molar-refractivity contribution in [3.63, 3.8) is 0 Å². The number of nitrogens with one attached hydrogen (secondary N) is 1. The van der Waals surface area contributed by atoms with E-state index in [4.69, 9.17) is 11.6 Å². The highest BCUT2D eigenvalue weighted by Gasteiger charge is 2.48. The molecule has 1 saturated heterocycles. The van der Waals surface area contributed by atoms with Crippen molar-refractivity contribution >= 4 is 17.3 Å². The lowest BCUT2D eigenvalue weighted by molar-refractivity contribution is 0.350. The second kappa shape index (κ2) is 6.61. The molecule has 0 aromatic heterocycles. The summed E-state index contributed by atoms with van der Waals surface area (Å²) < 4.78 is 15.0. The van der Waals surface area contributed by atoms with Gasteiger partial charge in [0.15, 0.2) is 0 Å². The predicted molar refractivity (Wildman–Crippen MR) is 114 cm³/mol. The molecule has 3 aromatic rings. The summed E-state index contributed by atoms with van der Waals surface area (Å²) in [4.78, 5) is 2.38. The maximum absolute atomic E-state index is 15.0. The van der Waals surface area contributed by atoms with Crippen LogP contribution in [0.1, 0.15) is 16.7 Å². The van der Waals surface area contributed by atoms with E-state index in [9.17, 15) is 4.39 Å². The Morgan fingerprint density at radius 1 is 1.07 bits per heavy atom. The molecule has 0 radical (unpaired) electrons. The molecule has 1 N–H and O–H groups in total. The maximum atomic E-state index is 15.0. The zero-order chi connectivity index (χ0) is 19.3. The van der Waals surface area contributed by atoms with Crippen molar-refractivity contribution < 1.29 is 4.39 Å². The monoisotopic (exact) mass is 392 g/mol. The van der Waals surface area contributed by atoms with E-state index in [1.807, 2.05) is 24.3 Å². The van der Waals surface area contributed by atoms with Gasteiger partial charge < -0.3 is 10.2 Å². The first-order chi connectivity index (χ1) is 13.6. The molecule has 0 aliphatic carbocycles. The summed E-state index contributed by atoms with van der Waals surface area (Å²) in [5.41, 5.74) is 6.13. The molecule has 142 valence electrons. The first-order valence-electron chi connectivity index (χ1n) is 9.72. The minimum absolute atomic E-state index is 0.212. The number of hydrogen-bond acceptors (Lipinski definition) is 2. The Hall–Kier alpha value is -2.36. The van der Waals surface area contributed by atoms with Gasteiger partial charge in [0.05, 0.1) is 10.6 Å². The predicted octanol–water partition coefficient (Wildman–Crippen LogP) is 5.32. The molecule has 1 atom stereocenters. The van der Waals surface area contributed by atoms with Crippen molar-refractivity contribution in [3.8, 4) is 11.1 Å². The molecule has 4 heteroatoms. The Morgan fingerprint density at radius 3 is 2.61 bits per heavy atom. The van der Waals surface area contributed by atoms with E-state index < -0.39 is 0 Å². The molecule has 2 aliphatic heterocycles. The standard InChI is InChI=1S/C24H22ClFN2/c1-16-7-5-6-10-18(16)22-19-14-24(17-8-3-2-4-9-17)15-27-11-12-28(24)21(19)13-20(26)23(22)25/h2-10,13,27H,11-12,14-15H2,1H3. The third kappa shape index (κ3) is 2.50. The van der Waals surface area contributed by atoms with E-state index in [0.29, 0.717) is 0 Å². The number of halogens is 2. The molecule has 0 bridgehead atoms. The number of fused-ring (bicyclic) bond motifs is 3. The van der Waals surface area contributed by atoms with Crippen molar-refractivity contribution in [1.29, 1.82) is 0 Å². The summed E-state index contributed by atoms with van der Waals surface area (Å²) in [5, 5.41) is 3.79. The average Bonchev–Trinajstić information content (AvgIpc) is 3.06. The Kier molecular flexibility index (Phi) is 4.18. The zero-order valence-electron chi connectivity index (χ0n) is 15.8. The molecule has 1 fully saturated rings. The number of nitrogens with zero attached hydrogens (tertiary/aromatic N) is 1. The van der Waals surface area contributed by atoms with Gasteiger partial charge in [0.25, 0.3) is 0 Å². The SMILES string of the molecule is Cc1ccccc1-c1c(Cl)c(F)cc2c1CC1(c3ccccc3)CNCCN21. The second-order valence-electron chi connectivity index (χ2n) is 7.76. The molecular formula is C24H22ClFN2. The Labute approximate surface area is 170 Å². The molecule has 28 heavy (non-hydrogen) atoms. The molecule has 2 nitrogen and oxygen atoms in total. The van der Waals surface area contributed by atoms with Crippen LogP contribution in [0.5, 0.6) is 0 Å². The fourth-order valence-corrected chi connectivity index (χ4v) is 5.18. The highest BCUT2D eigenvalue weighted by atomic mass is 35.5. The van der Waals surface area contributed by atoms with E-state index >= 15 is 0 Å². The first kappa shape index (κ1) is 17.7. The molecule has 0 amide bonds. The fraction of sp³-hybridized carbons (Fsp3) is 0.250. The van der Waals surface area contributed by atoms with Crippen LogP contribution in [-0.4, -0.2) is 19.6 Å². The topological polar surface area (TPSA) is 15.3 Å². The van der Waals surface area contributed by atoms with Crippen LogP contribution in [0.2, 0.25) is 5.02 Å². The number of aryl methyl sites for hydroxylation is 1. The van der Waals surface area contributed by atoms with E-state index in [-0.39, 0.29) is 16.4 Å². The van der Waals surface area contributed by atoms with E-state index in [2.05, 4.69) is 47.5 Å². The number of rotatable bonds is 2. The molecule has 2 heterocycles. The van der Waals surface area contributed by atoms with Gasteiger partial charge in [0.2, 0.25) is 0 Å². The largest absolute Gasteiger partial charge is 0.359 e. The highest BCUT2D eigenvalue weighted by molar-refractivity contribution is 6.34. The van der Waals surface area contributed by atoms with Crippen molar-refractivity contribution in [2.45, 2.75) is 18.9 Å². The third-order valence-electron chi connectivity index (χ3n) is 6.24. The lowest BCUT2D eigenvalue weighted by atomic mass is 9.83.